The van der Waals surface area contributed by atoms with Crippen molar-refractivity contribution in [3.8, 4) is 0 Å². The van der Waals surface area contributed by atoms with Crippen LogP contribution in [0.5, 0.6) is 0 Å². The maximum Gasteiger partial charge on any atom is 0.0965 e. The summed E-state index contributed by atoms with van der Waals surface area (Å²) < 4.78 is 5.85. The van der Waals surface area contributed by atoms with Crippen LogP contribution in [0.1, 0.15) is 187 Å². The quantitative estimate of drug-likeness (QED) is 0.0406. The van der Waals surface area contributed by atoms with Crippen LogP contribution in [0.3, 0.4) is 0 Å². The molecule has 3 nitrogen and oxygen atoms in total. The molecule has 0 atom stereocenters. The molecule has 0 bridgehead atoms. The maximum absolute atomic E-state index is 5.85. The highest BCUT2D eigenvalue weighted by Gasteiger charge is 2.08. The van der Waals surface area contributed by atoms with Gasteiger partial charge >= 0.3 is 0 Å². The fraction of sp³-hybridized carbons (Fsp3) is 0.818. The van der Waals surface area contributed by atoms with Crippen molar-refractivity contribution in [2.24, 2.45) is 5.92 Å². The van der Waals surface area contributed by atoms with Crippen molar-refractivity contribution < 1.29 is 4.74 Å². The Morgan fingerprint density at radius 2 is 0.894 bits per heavy atom. The van der Waals surface area contributed by atoms with E-state index in [-0.39, 0.29) is 0 Å². The molecule has 3 heteroatoms. The molecule has 47 heavy (non-hydrogen) atoms. The zero-order valence-electron chi connectivity index (χ0n) is 32.5. The molecule has 0 spiro atoms. The highest BCUT2D eigenvalue weighted by Crippen LogP contribution is 2.19. The first-order chi connectivity index (χ1) is 23.2. The van der Waals surface area contributed by atoms with Crippen LogP contribution < -0.4 is 5.32 Å². The molecule has 0 aliphatic heterocycles. The highest BCUT2D eigenvalue weighted by molar-refractivity contribution is 4.93. The van der Waals surface area contributed by atoms with E-state index < -0.39 is 0 Å². The van der Waals surface area contributed by atoms with Gasteiger partial charge in [0.05, 0.1) is 6.73 Å². The van der Waals surface area contributed by atoms with Crippen LogP contribution in [-0.2, 0) is 4.74 Å². The van der Waals surface area contributed by atoms with Gasteiger partial charge in [-0.3, -0.25) is 5.32 Å². The van der Waals surface area contributed by atoms with Gasteiger partial charge in [0.1, 0.15) is 0 Å². The Balaban J connectivity index is 3.97. The predicted molar refractivity (Wildman–Crippen MR) is 213 cm³/mol. The number of rotatable bonds is 38. The summed E-state index contributed by atoms with van der Waals surface area (Å²) in [7, 11) is 4.26. The molecule has 0 amide bonds. The number of hydrogen-bond donors (Lipinski definition) is 1. The second-order valence-electron chi connectivity index (χ2n) is 14.3. The number of allylic oxidation sites excluding steroid dienone is 8. The van der Waals surface area contributed by atoms with E-state index in [2.05, 4.69) is 86.8 Å². The van der Waals surface area contributed by atoms with Crippen LogP contribution in [0.15, 0.2) is 48.6 Å². The number of unbranched alkanes of at least 4 members (excludes halogenated alkanes) is 18. The summed E-state index contributed by atoms with van der Waals surface area (Å²) in [5, 5.41) is 3.63. The largest absolute Gasteiger partial charge is 0.366 e. The predicted octanol–water partition coefficient (Wildman–Crippen LogP) is 13.5. The normalized spacial score (nSPS) is 13.1. The molecule has 0 aromatic heterocycles. The van der Waals surface area contributed by atoms with E-state index in [1.807, 2.05) is 0 Å². The third-order valence-electron chi connectivity index (χ3n) is 9.16. The third kappa shape index (κ3) is 40.9. The summed E-state index contributed by atoms with van der Waals surface area (Å²) in [4.78, 5) is 2.23. The Bertz CT molecular complexity index is 647. The first-order valence-corrected chi connectivity index (χ1v) is 20.7. The van der Waals surface area contributed by atoms with E-state index in [0.717, 1.165) is 44.9 Å². The average molecular weight is 657 g/mol. The number of hydrogen-bond acceptors (Lipinski definition) is 3. The minimum Gasteiger partial charge on any atom is -0.366 e. The molecular weight excluding hydrogens is 572 g/mol. The van der Waals surface area contributed by atoms with Crippen molar-refractivity contribution in [1.29, 1.82) is 0 Å². The Morgan fingerprint density at radius 1 is 0.489 bits per heavy atom. The second kappa shape index (κ2) is 41.0. The summed E-state index contributed by atoms with van der Waals surface area (Å²) in [6, 6.07) is 0. The minimum absolute atomic E-state index is 0.706. The Labute approximate surface area is 296 Å². The van der Waals surface area contributed by atoms with Crippen molar-refractivity contribution in [1.82, 2.24) is 10.2 Å². The molecule has 0 rings (SSSR count). The summed E-state index contributed by atoms with van der Waals surface area (Å²) in [6.45, 7) is 8.33. The molecule has 0 aromatic carbocycles. The van der Waals surface area contributed by atoms with Gasteiger partial charge in [0.15, 0.2) is 0 Å². The molecular formula is C44H84N2O. The monoisotopic (exact) mass is 657 g/mol. The lowest BCUT2D eigenvalue weighted by Gasteiger charge is -2.18. The van der Waals surface area contributed by atoms with E-state index in [1.54, 1.807) is 0 Å². The molecule has 0 radical (unpaired) electrons. The van der Waals surface area contributed by atoms with E-state index >= 15 is 0 Å². The van der Waals surface area contributed by atoms with Gasteiger partial charge < -0.3 is 9.64 Å². The van der Waals surface area contributed by atoms with Gasteiger partial charge in [0.2, 0.25) is 0 Å². The van der Waals surface area contributed by atoms with Crippen LogP contribution in [0.4, 0.5) is 0 Å². The second-order valence-corrected chi connectivity index (χ2v) is 14.3. The fourth-order valence-electron chi connectivity index (χ4n) is 6.08. The van der Waals surface area contributed by atoms with Crippen LogP contribution in [0.2, 0.25) is 0 Å². The smallest absolute Gasteiger partial charge is 0.0965 e. The lowest BCUT2D eigenvalue weighted by molar-refractivity contribution is 0.105. The van der Waals surface area contributed by atoms with Gasteiger partial charge in [0, 0.05) is 13.2 Å². The Morgan fingerprint density at radius 3 is 1.32 bits per heavy atom. The van der Waals surface area contributed by atoms with Gasteiger partial charge in [-0.15, -0.1) is 0 Å². The molecule has 0 aliphatic carbocycles. The van der Waals surface area contributed by atoms with Crippen molar-refractivity contribution >= 4 is 0 Å². The summed E-state index contributed by atoms with van der Waals surface area (Å²) >= 11 is 0. The molecule has 0 unspecified atom stereocenters. The first-order valence-electron chi connectivity index (χ1n) is 20.7. The van der Waals surface area contributed by atoms with Crippen molar-refractivity contribution in [3.05, 3.63) is 48.6 Å². The van der Waals surface area contributed by atoms with Crippen molar-refractivity contribution in [2.45, 2.75) is 187 Å². The molecule has 0 aliphatic rings. The Kier molecular flexibility index (Phi) is 40.0. The topological polar surface area (TPSA) is 24.5 Å². The van der Waals surface area contributed by atoms with Crippen LogP contribution in [0.25, 0.3) is 0 Å². The number of nitrogens with one attached hydrogen (secondary N) is 1. The minimum atomic E-state index is 0.706. The number of ether oxygens (including phenoxy) is 1. The molecule has 0 aromatic rings. The molecule has 1 N–H and O–H groups in total. The zero-order valence-corrected chi connectivity index (χ0v) is 32.5. The highest BCUT2D eigenvalue weighted by atomic mass is 16.5. The van der Waals surface area contributed by atoms with Gasteiger partial charge in [-0.05, 0) is 110 Å². The van der Waals surface area contributed by atoms with Gasteiger partial charge in [-0.1, -0.05) is 152 Å². The van der Waals surface area contributed by atoms with Gasteiger partial charge in [-0.25, -0.2) is 0 Å². The van der Waals surface area contributed by atoms with Gasteiger partial charge in [0.25, 0.3) is 0 Å². The van der Waals surface area contributed by atoms with Crippen molar-refractivity contribution in [2.75, 3.05) is 40.5 Å². The molecule has 0 saturated carbocycles. The maximum atomic E-state index is 5.85. The molecule has 0 fully saturated rings. The zero-order chi connectivity index (χ0) is 34.1. The van der Waals surface area contributed by atoms with Gasteiger partial charge in [-0.2, -0.15) is 0 Å². The van der Waals surface area contributed by atoms with Crippen LogP contribution >= 0.6 is 0 Å². The van der Waals surface area contributed by atoms with Crippen LogP contribution in [-0.4, -0.2) is 45.4 Å². The van der Waals surface area contributed by atoms with E-state index in [1.165, 1.54) is 154 Å². The summed E-state index contributed by atoms with van der Waals surface area (Å²) in [5.41, 5.74) is 0. The van der Waals surface area contributed by atoms with E-state index in [4.69, 9.17) is 4.74 Å². The van der Waals surface area contributed by atoms with E-state index in [9.17, 15) is 0 Å². The first kappa shape index (κ1) is 45.8. The SMILES string of the molecule is CCCCCC=CCC=CCCCCCCCCC(CCCCCCCCC=CCC=CCCCCC)CNCOCCCN(C)C. The summed E-state index contributed by atoms with van der Waals surface area (Å²) in [5.74, 6) is 0.803. The fourth-order valence-corrected chi connectivity index (χ4v) is 6.08. The third-order valence-corrected chi connectivity index (χ3v) is 9.16. The Hall–Kier alpha value is -1.16. The molecule has 0 saturated heterocycles. The van der Waals surface area contributed by atoms with E-state index in [0.29, 0.717) is 6.73 Å². The lowest BCUT2D eigenvalue weighted by Crippen LogP contribution is -2.26. The molecule has 0 heterocycles. The number of nitrogens with zero attached hydrogens (tertiary/aromatic N) is 1. The standard InChI is InChI=1S/C44H84N2O/c1-5-7-9-11-13-15-17-19-21-23-25-27-29-31-33-35-38-44(42-45-43-47-41-37-40-46(3)4)39-36-34-32-30-28-26-24-22-20-18-16-14-12-10-8-6-2/h13-16,19-22,44-45H,5-12,17-18,23-43H2,1-4H3. The van der Waals surface area contributed by atoms with Crippen molar-refractivity contribution in [3.63, 3.8) is 0 Å². The average Bonchev–Trinajstić information content (AvgIpc) is 3.06. The molecule has 276 valence electrons. The lowest BCUT2D eigenvalue weighted by atomic mass is 9.94. The summed E-state index contributed by atoms with van der Waals surface area (Å²) in [6.07, 6.45) is 54.7. The van der Waals surface area contributed by atoms with Crippen LogP contribution in [0, 0.1) is 5.92 Å².